The van der Waals surface area contributed by atoms with Gasteiger partial charge in [-0.3, -0.25) is 14.4 Å². The smallest absolute Gasteiger partial charge is 0.306 e. The van der Waals surface area contributed by atoms with Crippen LogP contribution >= 0.6 is 0 Å². The lowest BCUT2D eigenvalue weighted by molar-refractivity contribution is -0.167. The van der Waals surface area contributed by atoms with Crippen molar-refractivity contribution in [3.8, 4) is 0 Å². The molecule has 0 aliphatic heterocycles. The van der Waals surface area contributed by atoms with Gasteiger partial charge >= 0.3 is 17.9 Å². The fourth-order valence-corrected chi connectivity index (χ4v) is 7.41. The molecule has 0 fully saturated rings. The minimum atomic E-state index is -0.799. The second-order valence-electron chi connectivity index (χ2n) is 17.8. The molecule has 0 saturated carbocycles. The largest absolute Gasteiger partial charge is 0.462 e. The highest BCUT2D eigenvalue weighted by molar-refractivity contribution is 5.71. The van der Waals surface area contributed by atoms with E-state index in [1.54, 1.807) is 0 Å². The number of rotatable bonds is 48. The van der Waals surface area contributed by atoms with Crippen LogP contribution in [0.3, 0.4) is 0 Å². The second kappa shape index (κ2) is 52.5. The van der Waals surface area contributed by atoms with Gasteiger partial charge in [-0.05, 0) is 83.5 Å². The number of carbonyl (C=O) groups excluding carboxylic acids is 3. The van der Waals surface area contributed by atoms with E-state index in [2.05, 4.69) is 93.7 Å². The van der Waals surface area contributed by atoms with Gasteiger partial charge in [0.2, 0.25) is 0 Å². The summed E-state index contributed by atoms with van der Waals surface area (Å²) in [6.45, 7) is 6.46. The minimum absolute atomic E-state index is 0.0957. The van der Waals surface area contributed by atoms with Crippen molar-refractivity contribution in [1.29, 1.82) is 0 Å². The molecule has 0 aromatic heterocycles. The molecule has 1 atom stereocenters. The number of esters is 3. The van der Waals surface area contributed by atoms with E-state index in [4.69, 9.17) is 14.2 Å². The monoisotopic (exact) mass is 893 g/mol. The van der Waals surface area contributed by atoms with Gasteiger partial charge in [0.15, 0.2) is 6.10 Å². The first-order chi connectivity index (χ1) is 31.5. The summed E-state index contributed by atoms with van der Waals surface area (Å²) in [7, 11) is 0. The number of hydrogen-bond donors (Lipinski definition) is 0. The Morgan fingerprint density at radius 3 is 1.06 bits per heavy atom. The van der Waals surface area contributed by atoms with Crippen molar-refractivity contribution in [2.24, 2.45) is 0 Å². The lowest BCUT2D eigenvalue weighted by atomic mass is 10.0. The maximum atomic E-state index is 12.8. The fraction of sp³-hybridized carbons (Fsp3) is 0.741. The lowest BCUT2D eigenvalue weighted by Crippen LogP contribution is -2.30. The van der Waals surface area contributed by atoms with Crippen LogP contribution in [0.2, 0.25) is 0 Å². The molecule has 368 valence electrons. The highest BCUT2D eigenvalue weighted by Crippen LogP contribution is 2.15. The van der Waals surface area contributed by atoms with Crippen LogP contribution < -0.4 is 0 Å². The molecule has 6 nitrogen and oxygen atoms in total. The lowest BCUT2D eigenvalue weighted by Gasteiger charge is -2.18. The van der Waals surface area contributed by atoms with Crippen LogP contribution in [0.25, 0.3) is 0 Å². The van der Waals surface area contributed by atoms with Crippen LogP contribution in [0.4, 0.5) is 0 Å². The maximum Gasteiger partial charge on any atom is 0.306 e. The summed E-state index contributed by atoms with van der Waals surface area (Å²) >= 11 is 0. The molecule has 0 rings (SSSR count). The van der Waals surface area contributed by atoms with Gasteiger partial charge in [-0.25, -0.2) is 0 Å². The molecule has 64 heavy (non-hydrogen) atoms. The van der Waals surface area contributed by atoms with E-state index in [0.29, 0.717) is 19.3 Å². The van der Waals surface area contributed by atoms with Crippen molar-refractivity contribution in [1.82, 2.24) is 0 Å². The molecule has 0 heterocycles. The first-order valence-corrected chi connectivity index (χ1v) is 26.9. The minimum Gasteiger partial charge on any atom is -0.462 e. The average Bonchev–Trinajstić information content (AvgIpc) is 3.29. The fourth-order valence-electron chi connectivity index (χ4n) is 7.41. The van der Waals surface area contributed by atoms with Crippen molar-refractivity contribution >= 4 is 17.9 Å². The zero-order chi connectivity index (χ0) is 46.5. The number of allylic oxidation sites excluding steroid dienone is 12. The summed E-state index contributed by atoms with van der Waals surface area (Å²) in [4.78, 5) is 38.0. The molecule has 0 unspecified atom stereocenters. The van der Waals surface area contributed by atoms with E-state index in [1.807, 2.05) is 0 Å². The van der Waals surface area contributed by atoms with Gasteiger partial charge in [0.25, 0.3) is 0 Å². The zero-order valence-corrected chi connectivity index (χ0v) is 42.0. The number of hydrogen-bond acceptors (Lipinski definition) is 6. The normalized spacial score (nSPS) is 12.6. The first kappa shape index (κ1) is 60.9. The molecule has 0 aromatic rings. The van der Waals surface area contributed by atoms with E-state index in [0.717, 1.165) is 83.5 Å². The predicted molar refractivity (Wildman–Crippen MR) is 274 cm³/mol. The van der Waals surface area contributed by atoms with Gasteiger partial charge in [0.1, 0.15) is 13.2 Å². The Kier molecular flexibility index (Phi) is 49.9. The Morgan fingerprint density at radius 2 is 0.625 bits per heavy atom. The van der Waals surface area contributed by atoms with E-state index < -0.39 is 6.10 Å². The Labute approximate surface area is 395 Å². The summed E-state index contributed by atoms with van der Waals surface area (Å²) in [6.07, 6.45) is 66.1. The van der Waals surface area contributed by atoms with Crippen LogP contribution in [0.5, 0.6) is 0 Å². The molecular formula is C58H100O6. The van der Waals surface area contributed by atoms with Crippen LogP contribution in [0, 0.1) is 0 Å². The van der Waals surface area contributed by atoms with Gasteiger partial charge < -0.3 is 14.2 Å². The zero-order valence-electron chi connectivity index (χ0n) is 42.0. The molecule has 0 bridgehead atoms. The Morgan fingerprint density at radius 1 is 0.328 bits per heavy atom. The van der Waals surface area contributed by atoms with Gasteiger partial charge in [-0.2, -0.15) is 0 Å². The van der Waals surface area contributed by atoms with Gasteiger partial charge in [-0.15, -0.1) is 0 Å². The summed E-state index contributed by atoms with van der Waals surface area (Å²) in [5, 5.41) is 0. The molecule has 0 amide bonds. The second-order valence-corrected chi connectivity index (χ2v) is 17.8. The quantitative estimate of drug-likeness (QED) is 0.0262. The molecular weight excluding hydrogens is 793 g/mol. The van der Waals surface area contributed by atoms with Crippen molar-refractivity contribution in [2.75, 3.05) is 13.2 Å². The average molecular weight is 893 g/mol. The standard InChI is InChI=1S/C58H100O6/c1-4-7-10-13-16-19-22-25-27-29-31-33-36-39-42-45-48-51-57(60)63-54-55(53-62-56(59)50-47-44-41-38-35-24-21-18-15-12-9-6-3)64-58(61)52-49-46-43-40-37-34-32-30-28-26-23-20-17-14-11-8-5-2/h7,10,16,18-19,21,25,27,31,33,39,42,55H,4-6,8-9,11-15,17,20,22-24,26,28-30,32,34-38,40-41,43-54H2,1-3H3/b10-7-,19-16-,21-18-,27-25-,33-31-,42-39-/t55-/m1/s1. The third-order valence-electron chi connectivity index (χ3n) is 11.4. The van der Waals surface area contributed by atoms with E-state index in [9.17, 15) is 14.4 Å². The van der Waals surface area contributed by atoms with E-state index in [1.165, 1.54) is 128 Å². The highest BCUT2D eigenvalue weighted by atomic mass is 16.6. The molecule has 0 spiro atoms. The molecule has 0 aliphatic rings. The van der Waals surface area contributed by atoms with Crippen LogP contribution in [-0.2, 0) is 28.6 Å². The Hall–Kier alpha value is -3.15. The molecule has 0 N–H and O–H groups in total. The van der Waals surface area contributed by atoms with Gasteiger partial charge in [0.05, 0.1) is 0 Å². The molecule has 0 aromatic carbocycles. The Bertz CT molecular complexity index is 1210. The Balaban J connectivity index is 4.45. The summed E-state index contributed by atoms with van der Waals surface area (Å²) in [5.41, 5.74) is 0. The molecule has 0 aliphatic carbocycles. The summed E-state index contributed by atoms with van der Waals surface area (Å²) < 4.78 is 16.8. The van der Waals surface area contributed by atoms with E-state index in [-0.39, 0.29) is 37.5 Å². The summed E-state index contributed by atoms with van der Waals surface area (Å²) in [6, 6.07) is 0. The van der Waals surface area contributed by atoms with Gasteiger partial charge in [-0.1, -0.05) is 229 Å². The van der Waals surface area contributed by atoms with E-state index >= 15 is 0 Å². The number of unbranched alkanes of at least 4 members (excludes halogenated alkanes) is 25. The topological polar surface area (TPSA) is 78.9 Å². The van der Waals surface area contributed by atoms with Gasteiger partial charge in [0, 0.05) is 19.3 Å². The molecule has 6 heteroatoms. The predicted octanol–water partition coefficient (Wildman–Crippen LogP) is 17.8. The van der Waals surface area contributed by atoms with Crippen LogP contribution in [0.1, 0.15) is 258 Å². The third-order valence-corrected chi connectivity index (χ3v) is 11.4. The maximum absolute atomic E-state index is 12.8. The van der Waals surface area contributed by atoms with Crippen molar-refractivity contribution in [3.05, 3.63) is 72.9 Å². The third kappa shape index (κ3) is 49.9. The molecule has 0 radical (unpaired) electrons. The van der Waals surface area contributed by atoms with Crippen LogP contribution in [0.15, 0.2) is 72.9 Å². The first-order valence-electron chi connectivity index (χ1n) is 26.9. The molecule has 0 saturated heterocycles. The van der Waals surface area contributed by atoms with Crippen LogP contribution in [-0.4, -0.2) is 37.2 Å². The number of ether oxygens (including phenoxy) is 3. The number of carbonyl (C=O) groups is 3. The summed E-state index contributed by atoms with van der Waals surface area (Å²) in [5.74, 6) is -0.959. The van der Waals surface area contributed by atoms with Crippen molar-refractivity contribution in [2.45, 2.75) is 264 Å². The van der Waals surface area contributed by atoms with Crippen molar-refractivity contribution < 1.29 is 28.6 Å². The van der Waals surface area contributed by atoms with Crippen molar-refractivity contribution in [3.63, 3.8) is 0 Å². The SMILES string of the molecule is CC/C=C\C/C=C\C/C=C\C/C=C\C/C=C\CCCC(=O)OC[C@@H](COC(=O)CCCCCCC/C=C\CCCCC)OC(=O)CCCCCCCCCCCCCCCCCCC. The highest BCUT2D eigenvalue weighted by Gasteiger charge is 2.19.